The summed E-state index contributed by atoms with van der Waals surface area (Å²) in [5, 5.41) is 3.00. The van der Waals surface area contributed by atoms with Gasteiger partial charge < -0.3 is 19.9 Å². The molecule has 0 saturated carbocycles. The summed E-state index contributed by atoms with van der Waals surface area (Å²) in [5.41, 5.74) is 1.86. The lowest BCUT2D eigenvalue weighted by molar-refractivity contribution is -0.117. The predicted octanol–water partition coefficient (Wildman–Crippen LogP) is 3.03. The molecule has 1 aliphatic heterocycles. The molecule has 0 aliphatic carbocycles. The van der Waals surface area contributed by atoms with E-state index < -0.39 is 0 Å². The molecule has 0 spiro atoms. The van der Waals surface area contributed by atoms with Crippen molar-refractivity contribution in [3.8, 4) is 5.75 Å². The molecular weight excluding hydrogens is 342 g/mol. The number of hydrogen-bond donors (Lipinski definition) is 1. The molecule has 1 aliphatic rings. The predicted molar refractivity (Wildman–Crippen MR) is 105 cm³/mol. The van der Waals surface area contributed by atoms with Crippen LogP contribution in [0.2, 0.25) is 0 Å². The zero-order valence-corrected chi connectivity index (χ0v) is 15.7. The first-order chi connectivity index (χ1) is 13.1. The maximum Gasteiger partial charge on any atom is 0.317 e. The highest BCUT2D eigenvalue weighted by atomic mass is 16.5. The van der Waals surface area contributed by atoms with Gasteiger partial charge in [-0.2, -0.15) is 0 Å². The van der Waals surface area contributed by atoms with Gasteiger partial charge in [0.15, 0.2) is 0 Å². The van der Waals surface area contributed by atoms with Gasteiger partial charge in [-0.3, -0.25) is 4.79 Å². The summed E-state index contributed by atoms with van der Waals surface area (Å²) in [4.78, 5) is 28.5. The number of carbonyl (C=O) groups excluding carboxylic acids is 2. The van der Waals surface area contributed by atoms with Crippen LogP contribution in [0.1, 0.15) is 18.9 Å². The monoisotopic (exact) mass is 367 g/mol. The first kappa shape index (κ1) is 18.8. The van der Waals surface area contributed by atoms with E-state index in [1.807, 2.05) is 61.5 Å². The van der Waals surface area contributed by atoms with E-state index in [4.69, 9.17) is 4.74 Å². The Kier molecular flexibility index (Phi) is 5.96. The number of nitrogens with one attached hydrogen (secondary N) is 1. The molecule has 0 bridgehead atoms. The summed E-state index contributed by atoms with van der Waals surface area (Å²) >= 11 is 0. The summed E-state index contributed by atoms with van der Waals surface area (Å²) in [7, 11) is 1.60. The van der Waals surface area contributed by atoms with Gasteiger partial charge in [0.25, 0.3) is 0 Å². The number of rotatable bonds is 6. The minimum atomic E-state index is -0.207. The van der Waals surface area contributed by atoms with Crippen LogP contribution in [0.4, 0.5) is 10.5 Å². The highest BCUT2D eigenvalue weighted by molar-refractivity contribution is 5.97. The molecule has 2 aromatic carbocycles. The van der Waals surface area contributed by atoms with Gasteiger partial charge in [-0.1, -0.05) is 36.4 Å². The van der Waals surface area contributed by atoms with Gasteiger partial charge in [-0.15, -0.1) is 0 Å². The molecule has 1 N–H and O–H groups in total. The molecule has 1 heterocycles. The molecule has 3 rings (SSSR count). The number of hydrogen-bond acceptors (Lipinski definition) is 3. The average Bonchev–Trinajstić information content (AvgIpc) is 3.06. The topological polar surface area (TPSA) is 61.9 Å². The number of urea groups is 1. The van der Waals surface area contributed by atoms with Gasteiger partial charge >= 0.3 is 6.03 Å². The van der Waals surface area contributed by atoms with Gasteiger partial charge in [0.05, 0.1) is 13.2 Å². The third-order valence-electron chi connectivity index (χ3n) is 4.70. The van der Waals surface area contributed by atoms with Crippen LogP contribution in [-0.4, -0.2) is 43.1 Å². The highest BCUT2D eigenvalue weighted by Crippen LogP contribution is 2.25. The highest BCUT2D eigenvalue weighted by Gasteiger charge is 2.32. The van der Waals surface area contributed by atoms with Crippen molar-refractivity contribution in [2.75, 3.05) is 25.1 Å². The van der Waals surface area contributed by atoms with Crippen LogP contribution in [-0.2, 0) is 11.3 Å². The number of methoxy groups -OCH3 is 1. The Labute approximate surface area is 159 Å². The van der Waals surface area contributed by atoms with E-state index in [2.05, 4.69) is 5.32 Å². The third kappa shape index (κ3) is 4.58. The van der Waals surface area contributed by atoms with E-state index in [-0.39, 0.29) is 18.0 Å². The minimum Gasteiger partial charge on any atom is -0.497 e. The Morgan fingerprint density at radius 2 is 2.00 bits per heavy atom. The molecular formula is C21H25N3O3. The largest absolute Gasteiger partial charge is 0.497 e. The summed E-state index contributed by atoms with van der Waals surface area (Å²) in [6, 6.07) is 16.9. The molecule has 1 saturated heterocycles. The number of carbonyl (C=O) groups is 2. The van der Waals surface area contributed by atoms with Crippen molar-refractivity contribution in [1.82, 2.24) is 10.2 Å². The molecule has 0 aromatic heterocycles. The number of nitrogens with zero attached hydrogens (tertiary/aromatic N) is 2. The van der Waals surface area contributed by atoms with E-state index >= 15 is 0 Å². The average molecular weight is 367 g/mol. The molecule has 0 radical (unpaired) electrons. The number of amides is 3. The number of benzene rings is 2. The van der Waals surface area contributed by atoms with Crippen molar-refractivity contribution in [3.63, 3.8) is 0 Å². The number of ether oxygens (including phenoxy) is 1. The smallest absolute Gasteiger partial charge is 0.317 e. The fourth-order valence-electron chi connectivity index (χ4n) is 3.23. The second kappa shape index (κ2) is 8.58. The fourth-order valence-corrected chi connectivity index (χ4v) is 3.23. The molecule has 1 atom stereocenters. The standard InChI is InChI=1S/C21H25N3O3/c1-3-23(14-16-8-5-4-6-9-16)21(26)22-17-12-20(25)24(15-17)18-10-7-11-19(13-18)27-2/h4-11,13,17H,3,12,14-15H2,1-2H3,(H,22,26)/t17-/m0/s1. The van der Waals surface area contributed by atoms with Crippen LogP contribution in [0.25, 0.3) is 0 Å². The van der Waals surface area contributed by atoms with Gasteiger partial charge in [-0.25, -0.2) is 4.79 Å². The first-order valence-electron chi connectivity index (χ1n) is 9.14. The van der Waals surface area contributed by atoms with Crippen molar-refractivity contribution in [2.24, 2.45) is 0 Å². The molecule has 3 amide bonds. The Hall–Kier alpha value is -3.02. The first-order valence-corrected chi connectivity index (χ1v) is 9.14. The Bertz CT molecular complexity index is 794. The van der Waals surface area contributed by atoms with Crippen LogP contribution in [0.3, 0.4) is 0 Å². The lowest BCUT2D eigenvalue weighted by Crippen LogP contribution is -2.45. The zero-order valence-electron chi connectivity index (χ0n) is 15.7. The number of anilines is 1. The summed E-state index contributed by atoms with van der Waals surface area (Å²) < 4.78 is 5.23. The van der Waals surface area contributed by atoms with Crippen LogP contribution in [0.5, 0.6) is 5.75 Å². The van der Waals surface area contributed by atoms with Gasteiger partial charge in [0.1, 0.15) is 5.75 Å². The van der Waals surface area contributed by atoms with Crippen molar-refractivity contribution in [3.05, 3.63) is 60.2 Å². The van der Waals surface area contributed by atoms with Gasteiger partial charge in [0, 0.05) is 37.8 Å². The fraction of sp³-hybridized carbons (Fsp3) is 0.333. The van der Waals surface area contributed by atoms with Crippen LogP contribution < -0.4 is 15.0 Å². The molecule has 6 nitrogen and oxygen atoms in total. The van der Waals surface area contributed by atoms with E-state index in [9.17, 15) is 9.59 Å². The maximum absolute atomic E-state index is 12.6. The minimum absolute atomic E-state index is 0.000314. The van der Waals surface area contributed by atoms with Crippen molar-refractivity contribution >= 4 is 17.6 Å². The van der Waals surface area contributed by atoms with E-state index in [0.717, 1.165) is 11.3 Å². The van der Waals surface area contributed by atoms with Gasteiger partial charge in [0.2, 0.25) is 5.91 Å². The molecule has 0 unspecified atom stereocenters. The SMILES string of the molecule is CCN(Cc1ccccc1)C(=O)N[C@H]1CC(=O)N(c2cccc(OC)c2)C1. The third-order valence-corrected chi connectivity index (χ3v) is 4.70. The van der Waals surface area contributed by atoms with Crippen molar-refractivity contribution in [1.29, 1.82) is 0 Å². The van der Waals surface area contributed by atoms with E-state index in [0.29, 0.717) is 31.8 Å². The Balaban J connectivity index is 1.62. The maximum atomic E-state index is 12.6. The van der Waals surface area contributed by atoms with Crippen molar-refractivity contribution < 1.29 is 14.3 Å². The zero-order chi connectivity index (χ0) is 19.2. The quantitative estimate of drug-likeness (QED) is 0.854. The summed E-state index contributed by atoms with van der Waals surface area (Å²) in [6.45, 7) is 3.55. The molecule has 1 fully saturated rings. The normalized spacial score (nSPS) is 16.3. The van der Waals surface area contributed by atoms with Crippen LogP contribution in [0.15, 0.2) is 54.6 Å². The van der Waals surface area contributed by atoms with Gasteiger partial charge in [-0.05, 0) is 24.6 Å². The summed E-state index contributed by atoms with van der Waals surface area (Å²) in [5.74, 6) is 0.701. The molecule has 142 valence electrons. The van der Waals surface area contributed by atoms with Crippen molar-refractivity contribution in [2.45, 2.75) is 25.9 Å². The second-order valence-corrected chi connectivity index (χ2v) is 6.56. The Morgan fingerprint density at radius 1 is 1.22 bits per heavy atom. The second-order valence-electron chi connectivity index (χ2n) is 6.56. The van der Waals surface area contributed by atoms with Crippen LogP contribution in [0, 0.1) is 0 Å². The summed E-state index contributed by atoms with van der Waals surface area (Å²) in [6.07, 6.45) is 0.297. The molecule has 6 heteroatoms. The molecule has 27 heavy (non-hydrogen) atoms. The lowest BCUT2D eigenvalue weighted by atomic mass is 10.2. The molecule has 2 aromatic rings. The Morgan fingerprint density at radius 3 is 2.70 bits per heavy atom. The lowest BCUT2D eigenvalue weighted by Gasteiger charge is -2.24. The van der Waals surface area contributed by atoms with E-state index in [1.165, 1.54) is 0 Å². The van der Waals surface area contributed by atoms with E-state index in [1.54, 1.807) is 16.9 Å². The van der Waals surface area contributed by atoms with Crippen LogP contribution >= 0.6 is 0 Å².